The topological polar surface area (TPSA) is 57.7 Å². The van der Waals surface area contributed by atoms with Gasteiger partial charge < -0.3 is 14.2 Å². The average Bonchev–Trinajstić information content (AvgIpc) is 2.94. The smallest absolute Gasteiger partial charge is 0.231 e. The molecule has 2 aromatic rings. The first-order valence-corrected chi connectivity index (χ1v) is 5.71. The third-order valence-corrected chi connectivity index (χ3v) is 2.89. The lowest BCUT2D eigenvalue weighted by molar-refractivity contribution is 0.112. The molecule has 1 aliphatic rings. The molecule has 2 heterocycles. The Kier molecular flexibility index (Phi) is 2.79. The first-order chi connectivity index (χ1) is 9.31. The predicted molar refractivity (Wildman–Crippen MR) is 67.7 cm³/mol. The van der Waals surface area contributed by atoms with Crippen LogP contribution in [-0.4, -0.2) is 25.2 Å². The van der Waals surface area contributed by atoms with Gasteiger partial charge in [-0.1, -0.05) is 0 Å². The van der Waals surface area contributed by atoms with Crippen molar-refractivity contribution < 1.29 is 19.0 Å². The van der Waals surface area contributed by atoms with Gasteiger partial charge in [0.05, 0.1) is 7.11 Å². The summed E-state index contributed by atoms with van der Waals surface area (Å²) in [5, 5.41) is 0. The van der Waals surface area contributed by atoms with Crippen molar-refractivity contribution in [3.63, 3.8) is 0 Å². The number of fused-ring (bicyclic) bond motifs is 1. The van der Waals surface area contributed by atoms with E-state index in [0.29, 0.717) is 22.9 Å². The average molecular weight is 257 g/mol. The van der Waals surface area contributed by atoms with Crippen LogP contribution in [0.15, 0.2) is 30.5 Å². The summed E-state index contributed by atoms with van der Waals surface area (Å²) in [7, 11) is 1.56. The van der Waals surface area contributed by atoms with E-state index in [1.807, 2.05) is 6.07 Å². The van der Waals surface area contributed by atoms with E-state index in [1.165, 1.54) is 0 Å². The fourth-order valence-corrected chi connectivity index (χ4v) is 1.97. The van der Waals surface area contributed by atoms with Gasteiger partial charge in [-0.15, -0.1) is 0 Å². The molecule has 0 saturated carbocycles. The van der Waals surface area contributed by atoms with Gasteiger partial charge in [-0.3, -0.25) is 4.79 Å². The van der Waals surface area contributed by atoms with Crippen molar-refractivity contribution in [2.75, 3.05) is 13.9 Å². The summed E-state index contributed by atoms with van der Waals surface area (Å²) in [6.07, 6.45) is 2.45. The molecule has 0 radical (unpaired) electrons. The fourth-order valence-electron chi connectivity index (χ4n) is 1.97. The molecule has 0 saturated heterocycles. The normalized spacial score (nSPS) is 12.3. The number of hydrogen-bond acceptors (Lipinski definition) is 5. The Balaban J connectivity index is 2.12. The van der Waals surface area contributed by atoms with Gasteiger partial charge in [0.2, 0.25) is 12.7 Å². The molecule has 1 aromatic carbocycles. The quantitative estimate of drug-likeness (QED) is 0.789. The molecule has 1 aliphatic heterocycles. The molecule has 0 unspecified atom stereocenters. The van der Waals surface area contributed by atoms with Gasteiger partial charge in [-0.05, 0) is 18.2 Å². The van der Waals surface area contributed by atoms with Crippen molar-refractivity contribution in [1.29, 1.82) is 0 Å². The third-order valence-electron chi connectivity index (χ3n) is 2.89. The number of carbonyl (C=O) groups excluding carboxylic acids is 1. The van der Waals surface area contributed by atoms with Crippen molar-refractivity contribution >= 4 is 6.29 Å². The molecule has 5 heteroatoms. The number of aromatic nitrogens is 1. The minimum Gasteiger partial charge on any atom is -0.481 e. The van der Waals surface area contributed by atoms with Gasteiger partial charge in [0.1, 0.15) is 6.29 Å². The van der Waals surface area contributed by atoms with Crippen LogP contribution >= 0.6 is 0 Å². The van der Waals surface area contributed by atoms with Crippen molar-refractivity contribution in [1.82, 2.24) is 4.98 Å². The monoisotopic (exact) mass is 257 g/mol. The lowest BCUT2D eigenvalue weighted by Crippen LogP contribution is -1.94. The number of carbonyl (C=O) groups is 1. The molecule has 0 fully saturated rings. The Morgan fingerprint density at radius 2 is 2.21 bits per heavy atom. The predicted octanol–water partition coefficient (Wildman–Crippen LogP) is 2.30. The molecular formula is C14H11NO4. The van der Waals surface area contributed by atoms with E-state index >= 15 is 0 Å². The van der Waals surface area contributed by atoms with E-state index < -0.39 is 0 Å². The van der Waals surface area contributed by atoms with Gasteiger partial charge in [-0.2, -0.15) is 0 Å². The molecule has 0 atom stereocenters. The second-order valence-corrected chi connectivity index (χ2v) is 4.01. The molecule has 0 spiro atoms. The van der Waals surface area contributed by atoms with Crippen LogP contribution in [0, 0.1) is 0 Å². The Bertz CT molecular complexity index is 622. The van der Waals surface area contributed by atoms with Crippen LogP contribution in [0.1, 0.15) is 10.4 Å². The first kappa shape index (κ1) is 11.5. The van der Waals surface area contributed by atoms with E-state index in [4.69, 9.17) is 14.2 Å². The van der Waals surface area contributed by atoms with Crippen molar-refractivity contribution in [2.45, 2.75) is 0 Å². The van der Waals surface area contributed by atoms with Gasteiger partial charge in [0.25, 0.3) is 0 Å². The van der Waals surface area contributed by atoms with Crippen LogP contribution < -0.4 is 14.2 Å². The summed E-state index contributed by atoms with van der Waals surface area (Å²) < 4.78 is 15.8. The highest BCUT2D eigenvalue weighted by atomic mass is 16.7. The maximum absolute atomic E-state index is 11.0. The summed E-state index contributed by atoms with van der Waals surface area (Å²) in [5.41, 5.74) is 2.16. The second-order valence-electron chi connectivity index (χ2n) is 4.01. The number of hydrogen-bond donors (Lipinski definition) is 0. The highest BCUT2D eigenvalue weighted by Gasteiger charge is 2.20. The molecule has 96 valence electrons. The zero-order valence-corrected chi connectivity index (χ0v) is 10.3. The molecular weight excluding hydrogens is 246 g/mol. The van der Waals surface area contributed by atoms with Crippen molar-refractivity contribution in [3.8, 4) is 28.5 Å². The molecule has 3 rings (SSSR count). The number of benzene rings is 1. The van der Waals surface area contributed by atoms with Crippen LogP contribution in [0.25, 0.3) is 11.1 Å². The van der Waals surface area contributed by atoms with Crippen LogP contribution in [0.2, 0.25) is 0 Å². The van der Waals surface area contributed by atoms with E-state index in [2.05, 4.69) is 4.98 Å². The minimum atomic E-state index is 0.161. The molecule has 0 N–H and O–H groups in total. The maximum Gasteiger partial charge on any atom is 0.231 e. The number of ether oxygens (including phenoxy) is 3. The number of aldehydes is 1. The zero-order valence-electron chi connectivity index (χ0n) is 10.3. The molecule has 19 heavy (non-hydrogen) atoms. The van der Waals surface area contributed by atoms with Gasteiger partial charge in [0, 0.05) is 29.0 Å². The molecule has 5 nitrogen and oxygen atoms in total. The SMILES string of the molecule is COc1ccc(-c2cc(C=O)cc3c2OCO3)cn1. The van der Waals surface area contributed by atoms with Gasteiger partial charge in [0.15, 0.2) is 11.5 Å². The van der Waals surface area contributed by atoms with E-state index in [1.54, 1.807) is 31.5 Å². The Morgan fingerprint density at radius 1 is 1.32 bits per heavy atom. The van der Waals surface area contributed by atoms with Crippen LogP contribution in [0.3, 0.4) is 0 Å². The Morgan fingerprint density at radius 3 is 2.89 bits per heavy atom. The number of methoxy groups -OCH3 is 1. The molecule has 1 aromatic heterocycles. The second kappa shape index (κ2) is 4.61. The number of pyridine rings is 1. The van der Waals surface area contributed by atoms with Crippen molar-refractivity contribution in [3.05, 3.63) is 36.0 Å². The Labute approximate surface area is 109 Å². The number of nitrogens with zero attached hydrogens (tertiary/aromatic N) is 1. The minimum absolute atomic E-state index is 0.161. The fraction of sp³-hybridized carbons (Fsp3) is 0.143. The molecule has 0 bridgehead atoms. The first-order valence-electron chi connectivity index (χ1n) is 5.71. The summed E-state index contributed by atoms with van der Waals surface area (Å²) in [6.45, 7) is 0.161. The summed E-state index contributed by atoms with van der Waals surface area (Å²) in [4.78, 5) is 15.1. The molecule has 0 aliphatic carbocycles. The summed E-state index contributed by atoms with van der Waals surface area (Å²) >= 11 is 0. The Hall–Kier alpha value is -2.56. The standard InChI is InChI=1S/C14H11NO4/c1-17-13-3-2-10(6-15-13)11-4-9(7-16)5-12-14(11)19-8-18-12/h2-7H,8H2,1H3. The van der Waals surface area contributed by atoms with E-state index in [-0.39, 0.29) is 6.79 Å². The van der Waals surface area contributed by atoms with Crippen LogP contribution in [-0.2, 0) is 0 Å². The van der Waals surface area contributed by atoms with E-state index in [0.717, 1.165) is 17.4 Å². The highest BCUT2D eigenvalue weighted by Crippen LogP contribution is 2.42. The molecule has 0 amide bonds. The highest BCUT2D eigenvalue weighted by molar-refractivity contribution is 5.84. The van der Waals surface area contributed by atoms with Gasteiger partial charge >= 0.3 is 0 Å². The van der Waals surface area contributed by atoms with Crippen molar-refractivity contribution in [2.24, 2.45) is 0 Å². The zero-order chi connectivity index (χ0) is 13.2. The van der Waals surface area contributed by atoms with E-state index in [9.17, 15) is 4.79 Å². The van der Waals surface area contributed by atoms with Crippen LogP contribution in [0.4, 0.5) is 0 Å². The lowest BCUT2D eigenvalue weighted by Gasteiger charge is -2.07. The van der Waals surface area contributed by atoms with Crippen LogP contribution in [0.5, 0.6) is 17.4 Å². The summed E-state index contributed by atoms with van der Waals surface area (Å²) in [6, 6.07) is 7.03. The summed E-state index contributed by atoms with van der Waals surface area (Å²) in [5.74, 6) is 1.75. The lowest BCUT2D eigenvalue weighted by atomic mass is 10.0. The third kappa shape index (κ3) is 1.99. The van der Waals surface area contributed by atoms with Gasteiger partial charge in [-0.25, -0.2) is 4.98 Å². The number of rotatable bonds is 3. The largest absolute Gasteiger partial charge is 0.481 e. The maximum atomic E-state index is 11.0.